The van der Waals surface area contributed by atoms with E-state index in [1.807, 2.05) is 0 Å². The molecular formula is C23H25OP. The number of rotatable bonds is 7. The van der Waals surface area contributed by atoms with Gasteiger partial charge in [-0.25, -0.2) is 0 Å². The first-order valence-corrected chi connectivity index (χ1v) is 10.8. The van der Waals surface area contributed by atoms with Gasteiger partial charge >= 0.3 is 0 Å². The second-order valence-electron chi connectivity index (χ2n) is 6.06. The maximum Gasteiger partial charge on any atom is 0.0525 e. The minimum Gasteiger partial charge on any atom is -0.353 e. The molecule has 0 fully saturated rings. The standard InChI is InChI=1S/C23H25OP/c1-2-3-19-24-20-25(21-13-7-4-8-14-21,22-15-9-5-10-16-22)23-17-11-6-12-18-23/h4-18,20H,2-3,19H2,1H3. The van der Waals surface area contributed by atoms with E-state index in [1.165, 1.54) is 15.9 Å². The number of benzene rings is 3. The highest BCUT2D eigenvalue weighted by atomic mass is 31.2. The molecule has 0 saturated heterocycles. The molecule has 0 aromatic heterocycles. The summed E-state index contributed by atoms with van der Waals surface area (Å²) in [6, 6.07) is 32.3. The summed E-state index contributed by atoms with van der Waals surface area (Å²) in [5.41, 5.74) is 0. The fraction of sp³-hybridized carbons (Fsp3) is 0.174. The van der Waals surface area contributed by atoms with Gasteiger partial charge in [0.25, 0.3) is 0 Å². The van der Waals surface area contributed by atoms with Crippen LogP contribution in [-0.4, -0.2) is 12.6 Å². The highest BCUT2D eigenvalue weighted by Crippen LogP contribution is 2.43. The Morgan fingerprint density at radius 1 is 0.680 bits per heavy atom. The average molecular weight is 348 g/mol. The first-order valence-electron chi connectivity index (χ1n) is 8.89. The van der Waals surface area contributed by atoms with Crippen LogP contribution in [0.4, 0.5) is 0 Å². The number of hydrogen-bond acceptors (Lipinski definition) is 1. The van der Waals surface area contributed by atoms with Crippen molar-refractivity contribution in [2.75, 3.05) is 6.61 Å². The largest absolute Gasteiger partial charge is 0.353 e. The SMILES string of the molecule is CCCCOC=P(c1ccccc1)(c1ccccc1)c1ccccc1. The average Bonchev–Trinajstić information content (AvgIpc) is 2.70. The zero-order valence-electron chi connectivity index (χ0n) is 14.7. The summed E-state index contributed by atoms with van der Waals surface area (Å²) >= 11 is 0. The van der Waals surface area contributed by atoms with Crippen LogP contribution < -0.4 is 15.9 Å². The monoisotopic (exact) mass is 348 g/mol. The van der Waals surface area contributed by atoms with E-state index in [1.54, 1.807) is 0 Å². The highest BCUT2D eigenvalue weighted by molar-refractivity contribution is 7.94. The Balaban J connectivity index is 2.24. The van der Waals surface area contributed by atoms with E-state index in [2.05, 4.69) is 104 Å². The molecular weight excluding hydrogens is 323 g/mol. The van der Waals surface area contributed by atoms with Crippen molar-refractivity contribution in [3.63, 3.8) is 0 Å². The molecule has 0 aliphatic carbocycles. The molecule has 3 rings (SSSR count). The van der Waals surface area contributed by atoms with Crippen LogP contribution >= 0.6 is 6.89 Å². The summed E-state index contributed by atoms with van der Waals surface area (Å²) in [4.78, 5) is 0. The van der Waals surface area contributed by atoms with Crippen molar-refractivity contribution in [1.29, 1.82) is 0 Å². The molecule has 0 spiro atoms. The second-order valence-corrected chi connectivity index (χ2v) is 9.26. The third-order valence-electron chi connectivity index (χ3n) is 4.34. The van der Waals surface area contributed by atoms with E-state index in [9.17, 15) is 0 Å². The maximum atomic E-state index is 6.13. The van der Waals surface area contributed by atoms with Gasteiger partial charge in [-0.05, 0) is 29.2 Å². The lowest BCUT2D eigenvalue weighted by Crippen LogP contribution is -2.27. The Kier molecular flexibility index (Phi) is 6.28. The van der Waals surface area contributed by atoms with Gasteiger partial charge < -0.3 is 4.74 Å². The Hall–Kier alpha value is -2.08. The van der Waals surface area contributed by atoms with E-state index in [0.29, 0.717) is 0 Å². The molecule has 3 aromatic rings. The molecule has 0 unspecified atom stereocenters. The zero-order valence-corrected chi connectivity index (χ0v) is 15.6. The lowest BCUT2D eigenvalue weighted by atomic mass is 10.4. The third kappa shape index (κ3) is 3.95. The topological polar surface area (TPSA) is 9.23 Å². The smallest absolute Gasteiger partial charge is 0.0525 e. The van der Waals surface area contributed by atoms with Gasteiger partial charge in [0, 0.05) is 5.98 Å². The van der Waals surface area contributed by atoms with E-state index < -0.39 is 6.89 Å². The van der Waals surface area contributed by atoms with Gasteiger partial charge in [-0.15, -0.1) is 0 Å². The molecule has 0 heterocycles. The fourth-order valence-corrected chi connectivity index (χ4v) is 6.53. The molecule has 0 aliphatic rings. The summed E-state index contributed by atoms with van der Waals surface area (Å²) < 4.78 is 6.13. The molecule has 0 aliphatic heterocycles. The maximum absolute atomic E-state index is 6.13. The summed E-state index contributed by atoms with van der Waals surface area (Å²) in [5.74, 6) is 2.14. The summed E-state index contributed by atoms with van der Waals surface area (Å²) in [7, 11) is 0. The molecule has 0 amide bonds. The van der Waals surface area contributed by atoms with Crippen molar-refractivity contribution in [3.8, 4) is 0 Å². The highest BCUT2D eigenvalue weighted by Gasteiger charge is 2.25. The lowest BCUT2D eigenvalue weighted by molar-refractivity contribution is 0.317. The minimum absolute atomic E-state index is 0.769. The van der Waals surface area contributed by atoms with Crippen LogP contribution in [0.5, 0.6) is 0 Å². The molecule has 1 nitrogen and oxygen atoms in total. The van der Waals surface area contributed by atoms with E-state index in [4.69, 9.17) is 4.74 Å². The molecule has 0 radical (unpaired) electrons. The van der Waals surface area contributed by atoms with Gasteiger partial charge in [0.05, 0.1) is 6.61 Å². The number of unbranched alkanes of at least 4 members (excludes halogenated alkanes) is 1. The molecule has 128 valence electrons. The molecule has 3 aromatic carbocycles. The molecule has 0 bridgehead atoms. The zero-order chi connectivity index (χ0) is 17.4. The van der Waals surface area contributed by atoms with Gasteiger partial charge in [-0.3, -0.25) is 0 Å². The van der Waals surface area contributed by atoms with Crippen LogP contribution in [0.2, 0.25) is 0 Å². The Labute approximate surface area is 151 Å². The van der Waals surface area contributed by atoms with Gasteiger partial charge in [-0.1, -0.05) is 104 Å². The van der Waals surface area contributed by atoms with Crippen LogP contribution in [0, 0.1) is 0 Å². The normalized spacial score (nSPS) is 11.2. The van der Waals surface area contributed by atoms with Gasteiger partial charge in [-0.2, -0.15) is 0 Å². The Bertz CT molecular complexity index is 707. The van der Waals surface area contributed by atoms with Crippen LogP contribution in [0.3, 0.4) is 0 Å². The lowest BCUT2D eigenvalue weighted by Gasteiger charge is -2.28. The minimum atomic E-state index is -1.94. The van der Waals surface area contributed by atoms with Gasteiger partial charge in [0.1, 0.15) is 0 Å². The van der Waals surface area contributed by atoms with Crippen molar-refractivity contribution in [1.82, 2.24) is 0 Å². The quantitative estimate of drug-likeness (QED) is 0.449. The van der Waals surface area contributed by atoms with Crippen molar-refractivity contribution in [3.05, 3.63) is 91.0 Å². The van der Waals surface area contributed by atoms with Crippen molar-refractivity contribution >= 4 is 28.8 Å². The molecule has 0 saturated carbocycles. The number of hydrogen-bond donors (Lipinski definition) is 0. The number of ether oxygens (including phenoxy) is 1. The van der Waals surface area contributed by atoms with Crippen LogP contribution in [0.15, 0.2) is 91.0 Å². The first-order chi connectivity index (χ1) is 12.4. The predicted molar refractivity (Wildman–Crippen MR) is 112 cm³/mol. The molecule has 0 atom stereocenters. The first kappa shape index (κ1) is 17.7. The second kappa shape index (κ2) is 8.85. The molecule has 0 N–H and O–H groups in total. The van der Waals surface area contributed by atoms with E-state index in [0.717, 1.165) is 19.4 Å². The summed E-state index contributed by atoms with van der Waals surface area (Å²) in [6.07, 6.45) is 2.22. The third-order valence-corrected chi connectivity index (χ3v) is 8.14. The van der Waals surface area contributed by atoms with Gasteiger partial charge in [0.15, 0.2) is 0 Å². The van der Waals surface area contributed by atoms with Crippen molar-refractivity contribution in [2.24, 2.45) is 0 Å². The van der Waals surface area contributed by atoms with E-state index >= 15 is 0 Å². The van der Waals surface area contributed by atoms with Crippen LogP contribution in [0.1, 0.15) is 19.8 Å². The Morgan fingerprint density at radius 3 is 1.44 bits per heavy atom. The fourth-order valence-electron chi connectivity index (χ4n) is 3.01. The summed E-state index contributed by atoms with van der Waals surface area (Å²) in [6.45, 7) is 1.02. The van der Waals surface area contributed by atoms with Crippen molar-refractivity contribution in [2.45, 2.75) is 19.8 Å². The molecule has 25 heavy (non-hydrogen) atoms. The van der Waals surface area contributed by atoms with Crippen LogP contribution in [-0.2, 0) is 4.74 Å². The Morgan fingerprint density at radius 2 is 1.08 bits per heavy atom. The summed E-state index contributed by atoms with van der Waals surface area (Å²) in [5, 5.41) is 3.97. The predicted octanol–water partition coefficient (Wildman–Crippen LogP) is 4.56. The van der Waals surface area contributed by atoms with Crippen molar-refractivity contribution < 1.29 is 4.74 Å². The van der Waals surface area contributed by atoms with Gasteiger partial charge in [0.2, 0.25) is 0 Å². The van der Waals surface area contributed by atoms with Crippen LogP contribution in [0.25, 0.3) is 0 Å². The van der Waals surface area contributed by atoms with E-state index in [-0.39, 0.29) is 0 Å². The molecule has 2 heteroatoms.